The number of carbonyl (C=O) groups is 1. The minimum Gasteiger partial charge on any atom is -0.337 e. The monoisotopic (exact) mass is 470 g/mol. The number of amides is 1. The summed E-state index contributed by atoms with van der Waals surface area (Å²) in [7, 11) is -0.821. The number of sulfonamides is 1. The van der Waals surface area contributed by atoms with Crippen LogP contribution in [0.3, 0.4) is 0 Å². The van der Waals surface area contributed by atoms with Crippen LogP contribution in [0.5, 0.6) is 0 Å². The summed E-state index contributed by atoms with van der Waals surface area (Å²) in [5, 5.41) is 4.01. The Bertz CT molecular complexity index is 1210. The molecular formula is C24H30N4O4S. The molecule has 0 aliphatic heterocycles. The lowest BCUT2D eigenvalue weighted by Gasteiger charge is -2.20. The molecule has 1 amide bonds. The van der Waals surface area contributed by atoms with E-state index in [0.717, 1.165) is 15.4 Å². The Morgan fingerprint density at radius 1 is 1.00 bits per heavy atom. The molecule has 0 N–H and O–H groups in total. The van der Waals surface area contributed by atoms with E-state index < -0.39 is 10.0 Å². The molecule has 0 spiro atoms. The van der Waals surface area contributed by atoms with Crippen LogP contribution in [0.1, 0.15) is 37.8 Å². The van der Waals surface area contributed by atoms with Crippen molar-refractivity contribution in [2.45, 2.75) is 44.6 Å². The third kappa shape index (κ3) is 5.85. The number of carbonyl (C=O) groups excluding carboxylic acids is 1. The van der Waals surface area contributed by atoms with Gasteiger partial charge in [-0.15, -0.1) is 0 Å². The SMILES string of the molecule is Cc1ccc(S(=O)(=O)N(C)CC(=O)N(C)Cc2nc(-c3ccc(C(C)(C)C)cc3)no2)cc1. The number of hydrogen-bond acceptors (Lipinski definition) is 6. The molecule has 8 nitrogen and oxygen atoms in total. The lowest BCUT2D eigenvalue weighted by Crippen LogP contribution is -2.39. The zero-order valence-corrected chi connectivity index (χ0v) is 20.7. The Hall–Kier alpha value is -3.04. The van der Waals surface area contributed by atoms with Gasteiger partial charge in [0, 0.05) is 19.7 Å². The van der Waals surface area contributed by atoms with E-state index in [1.807, 2.05) is 31.2 Å². The van der Waals surface area contributed by atoms with Gasteiger partial charge in [0.1, 0.15) is 0 Å². The first-order valence-corrected chi connectivity index (χ1v) is 12.0. The van der Waals surface area contributed by atoms with Gasteiger partial charge in [-0.25, -0.2) is 8.42 Å². The van der Waals surface area contributed by atoms with Gasteiger partial charge in [-0.3, -0.25) is 4.79 Å². The smallest absolute Gasteiger partial charge is 0.246 e. The highest BCUT2D eigenvalue weighted by molar-refractivity contribution is 7.89. The maximum absolute atomic E-state index is 12.7. The zero-order chi connectivity index (χ0) is 24.4. The van der Waals surface area contributed by atoms with Crippen molar-refractivity contribution in [2.24, 2.45) is 0 Å². The second-order valence-electron chi connectivity index (χ2n) is 9.16. The van der Waals surface area contributed by atoms with E-state index in [9.17, 15) is 13.2 Å². The largest absolute Gasteiger partial charge is 0.337 e. The predicted octanol–water partition coefficient (Wildman–Crippen LogP) is 3.62. The molecule has 0 unspecified atom stereocenters. The normalized spacial score (nSPS) is 12.2. The summed E-state index contributed by atoms with van der Waals surface area (Å²) < 4.78 is 31.8. The summed E-state index contributed by atoms with van der Waals surface area (Å²) in [6.45, 7) is 8.08. The van der Waals surface area contributed by atoms with Crippen LogP contribution in [0.4, 0.5) is 0 Å². The van der Waals surface area contributed by atoms with Crippen LogP contribution >= 0.6 is 0 Å². The lowest BCUT2D eigenvalue weighted by molar-refractivity contribution is -0.130. The van der Waals surface area contributed by atoms with Crippen molar-refractivity contribution in [3.05, 3.63) is 65.5 Å². The van der Waals surface area contributed by atoms with Crippen molar-refractivity contribution in [1.82, 2.24) is 19.3 Å². The molecule has 0 bridgehead atoms. The van der Waals surface area contributed by atoms with Crippen LogP contribution in [0, 0.1) is 6.92 Å². The van der Waals surface area contributed by atoms with Gasteiger partial charge in [0.25, 0.3) is 0 Å². The third-order valence-electron chi connectivity index (χ3n) is 5.36. The van der Waals surface area contributed by atoms with Gasteiger partial charge in [0.05, 0.1) is 18.0 Å². The molecule has 0 aliphatic rings. The molecule has 9 heteroatoms. The molecule has 0 saturated heterocycles. The van der Waals surface area contributed by atoms with E-state index in [1.165, 1.54) is 29.6 Å². The minimum absolute atomic E-state index is 0.0457. The van der Waals surface area contributed by atoms with Crippen molar-refractivity contribution in [3.63, 3.8) is 0 Å². The summed E-state index contributed by atoms with van der Waals surface area (Å²) >= 11 is 0. The van der Waals surface area contributed by atoms with Gasteiger partial charge in [0.15, 0.2) is 0 Å². The average molecular weight is 471 g/mol. The number of likely N-dealkylation sites (N-methyl/N-ethyl adjacent to an activating group) is 2. The number of rotatable bonds is 7. The summed E-state index contributed by atoms with van der Waals surface area (Å²) in [5.74, 6) is 0.317. The van der Waals surface area contributed by atoms with Crippen molar-refractivity contribution in [3.8, 4) is 11.4 Å². The minimum atomic E-state index is -3.77. The first-order valence-electron chi connectivity index (χ1n) is 10.6. The van der Waals surface area contributed by atoms with Crippen LogP contribution in [0.25, 0.3) is 11.4 Å². The fraction of sp³-hybridized carbons (Fsp3) is 0.375. The maximum atomic E-state index is 12.7. The molecule has 33 heavy (non-hydrogen) atoms. The van der Waals surface area contributed by atoms with Crippen molar-refractivity contribution >= 4 is 15.9 Å². The quantitative estimate of drug-likeness (QED) is 0.523. The zero-order valence-electron chi connectivity index (χ0n) is 19.9. The molecule has 0 fully saturated rings. The molecule has 0 saturated carbocycles. The molecular weight excluding hydrogens is 440 g/mol. The molecule has 0 aliphatic carbocycles. The predicted molar refractivity (Wildman–Crippen MR) is 126 cm³/mol. The molecule has 0 atom stereocenters. The number of aromatic nitrogens is 2. The summed E-state index contributed by atoms with van der Waals surface area (Å²) in [4.78, 5) is 18.5. The number of aryl methyl sites for hydroxylation is 1. The van der Waals surface area contributed by atoms with E-state index in [-0.39, 0.29) is 35.2 Å². The van der Waals surface area contributed by atoms with Crippen molar-refractivity contribution in [1.29, 1.82) is 0 Å². The maximum Gasteiger partial charge on any atom is 0.246 e. The first-order chi connectivity index (χ1) is 15.4. The van der Waals surface area contributed by atoms with Crippen LogP contribution < -0.4 is 0 Å². The highest BCUT2D eigenvalue weighted by atomic mass is 32.2. The van der Waals surface area contributed by atoms with E-state index >= 15 is 0 Å². The molecule has 176 valence electrons. The van der Waals surface area contributed by atoms with Crippen LogP contribution in [0.15, 0.2) is 57.9 Å². The highest BCUT2D eigenvalue weighted by Crippen LogP contribution is 2.25. The van der Waals surface area contributed by atoms with Crippen LogP contribution in [0.2, 0.25) is 0 Å². The second-order valence-corrected chi connectivity index (χ2v) is 11.2. The van der Waals surface area contributed by atoms with Crippen LogP contribution in [-0.2, 0) is 26.8 Å². The van der Waals surface area contributed by atoms with Gasteiger partial charge < -0.3 is 9.42 Å². The van der Waals surface area contributed by atoms with Gasteiger partial charge in [-0.1, -0.05) is 67.9 Å². The van der Waals surface area contributed by atoms with Gasteiger partial charge in [-0.05, 0) is 30.0 Å². The summed E-state index contributed by atoms with van der Waals surface area (Å²) in [6.07, 6.45) is 0. The standard InChI is InChI=1S/C24H30N4O4S/c1-17-7-13-20(14-8-17)33(30,31)28(6)16-22(29)27(5)15-21-25-23(26-32-21)18-9-11-19(12-10-18)24(2,3)4/h7-14H,15-16H2,1-6H3. The number of benzene rings is 2. The van der Waals surface area contributed by atoms with E-state index in [0.29, 0.717) is 5.82 Å². The summed E-state index contributed by atoms with van der Waals surface area (Å²) in [6, 6.07) is 14.4. The second kappa shape index (κ2) is 9.44. The average Bonchev–Trinajstić information content (AvgIpc) is 3.22. The van der Waals surface area contributed by atoms with Gasteiger partial charge in [-0.2, -0.15) is 9.29 Å². The first kappa shape index (κ1) is 24.6. The lowest BCUT2D eigenvalue weighted by atomic mass is 9.87. The molecule has 0 radical (unpaired) electrons. The summed E-state index contributed by atoms with van der Waals surface area (Å²) in [5.41, 5.74) is 3.02. The van der Waals surface area contributed by atoms with E-state index in [2.05, 4.69) is 30.9 Å². The topological polar surface area (TPSA) is 96.6 Å². The van der Waals surface area contributed by atoms with Gasteiger partial charge in [0.2, 0.25) is 27.6 Å². The Balaban J connectivity index is 1.63. The fourth-order valence-corrected chi connectivity index (χ4v) is 4.25. The molecule has 2 aromatic carbocycles. The number of hydrogen-bond donors (Lipinski definition) is 0. The van der Waals surface area contributed by atoms with E-state index in [4.69, 9.17) is 4.52 Å². The Morgan fingerprint density at radius 3 is 2.18 bits per heavy atom. The molecule has 3 rings (SSSR count). The molecule has 1 heterocycles. The Labute approximate surface area is 195 Å². The Morgan fingerprint density at radius 2 is 1.61 bits per heavy atom. The fourth-order valence-electron chi connectivity index (χ4n) is 3.13. The Kier molecular flexibility index (Phi) is 7.04. The molecule has 3 aromatic rings. The van der Waals surface area contributed by atoms with E-state index in [1.54, 1.807) is 19.2 Å². The third-order valence-corrected chi connectivity index (χ3v) is 7.18. The van der Waals surface area contributed by atoms with Crippen LogP contribution in [-0.4, -0.2) is 54.3 Å². The molecule has 1 aromatic heterocycles. The highest BCUT2D eigenvalue weighted by Gasteiger charge is 2.25. The van der Waals surface area contributed by atoms with Crippen molar-refractivity contribution < 1.29 is 17.7 Å². The van der Waals surface area contributed by atoms with Gasteiger partial charge >= 0.3 is 0 Å². The number of nitrogens with zero attached hydrogens (tertiary/aromatic N) is 4. The van der Waals surface area contributed by atoms with Crippen molar-refractivity contribution in [2.75, 3.05) is 20.6 Å².